The molecular formula is C22H29N3O4. The minimum absolute atomic E-state index is 0.0570. The predicted octanol–water partition coefficient (Wildman–Crippen LogP) is 2.65. The first-order chi connectivity index (χ1) is 14.0. The summed E-state index contributed by atoms with van der Waals surface area (Å²) in [6.45, 7) is 2.61. The number of nitrogens with one attached hydrogen (secondary N) is 2. The van der Waals surface area contributed by atoms with E-state index in [1.165, 1.54) is 23.5 Å². The van der Waals surface area contributed by atoms with Crippen molar-refractivity contribution in [1.29, 1.82) is 0 Å². The van der Waals surface area contributed by atoms with Crippen LogP contribution >= 0.6 is 0 Å². The molecule has 1 fully saturated rings. The Labute approximate surface area is 171 Å². The van der Waals surface area contributed by atoms with Crippen molar-refractivity contribution in [2.75, 3.05) is 13.1 Å². The van der Waals surface area contributed by atoms with Gasteiger partial charge in [0.15, 0.2) is 0 Å². The van der Waals surface area contributed by atoms with E-state index in [0.29, 0.717) is 17.7 Å². The molecule has 7 nitrogen and oxygen atoms in total. The van der Waals surface area contributed by atoms with Gasteiger partial charge in [-0.25, -0.2) is 0 Å². The Kier molecular flexibility index (Phi) is 7.01. The number of imide groups is 1. The number of benzene rings is 1. The molecule has 1 aliphatic carbocycles. The lowest BCUT2D eigenvalue weighted by Gasteiger charge is -2.22. The van der Waals surface area contributed by atoms with Crippen LogP contribution in [0.1, 0.15) is 89.4 Å². The summed E-state index contributed by atoms with van der Waals surface area (Å²) in [4.78, 5) is 50.5. The highest BCUT2D eigenvalue weighted by atomic mass is 16.2. The Hall–Kier alpha value is -2.70. The summed E-state index contributed by atoms with van der Waals surface area (Å²) >= 11 is 0. The maximum atomic E-state index is 12.5. The molecule has 4 amide bonds. The first-order valence-corrected chi connectivity index (χ1v) is 10.6. The largest absolute Gasteiger partial charge is 0.353 e. The summed E-state index contributed by atoms with van der Waals surface area (Å²) < 4.78 is 0. The number of unbranched alkanes of at least 4 members (excludes halogenated alkanes) is 1. The molecule has 7 heteroatoms. The summed E-state index contributed by atoms with van der Waals surface area (Å²) in [6, 6.07) is 4.80. The lowest BCUT2D eigenvalue weighted by molar-refractivity contribution is -0.121. The van der Waals surface area contributed by atoms with Crippen LogP contribution in [0.25, 0.3) is 0 Å². The van der Waals surface area contributed by atoms with Crippen LogP contribution in [-0.4, -0.2) is 47.7 Å². The second kappa shape index (κ2) is 9.67. The van der Waals surface area contributed by atoms with E-state index in [2.05, 4.69) is 10.6 Å². The van der Waals surface area contributed by atoms with E-state index in [4.69, 9.17) is 0 Å². The fourth-order valence-corrected chi connectivity index (χ4v) is 3.89. The molecule has 1 aliphatic heterocycles. The molecule has 0 saturated heterocycles. The molecule has 1 heterocycles. The summed E-state index contributed by atoms with van der Waals surface area (Å²) in [7, 11) is 0. The van der Waals surface area contributed by atoms with E-state index < -0.39 is 0 Å². The fraction of sp³-hybridized carbons (Fsp3) is 0.545. The van der Waals surface area contributed by atoms with Gasteiger partial charge in [0, 0.05) is 31.1 Å². The zero-order chi connectivity index (χ0) is 20.8. The molecule has 3 rings (SSSR count). The third-order valence-electron chi connectivity index (χ3n) is 5.58. The third kappa shape index (κ3) is 5.02. The van der Waals surface area contributed by atoms with Crippen LogP contribution in [0.2, 0.25) is 0 Å². The van der Waals surface area contributed by atoms with Crippen molar-refractivity contribution < 1.29 is 19.2 Å². The number of nitrogens with zero attached hydrogens (tertiary/aromatic N) is 1. The van der Waals surface area contributed by atoms with E-state index in [9.17, 15) is 19.2 Å². The van der Waals surface area contributed by atoms with E-state index in [-0.39, 0.29) is 48.2 Å². The molecule has 0 aromatic heterocycles. The zero-order valence-corrected chi connectivity index (χ0v) is 17.0. The molecule has 0 unspecified atom stereocenters. The van der Waals surface area contributed by atoms with Crippen LogP contribution < -0.4 is 10.6 Å². The first-order valence-electron chi connectivity index (χ1n) is 10.6. The maximum Gasteiger partial charge on any atom is 0.261 e. The molecule has 156 valence electrons. The van der Waals surface area contributed by atoms with Crippen molar-refractivity contribution in [3.05, 3.63) is 34.9 Å². The minimum atomic E-state index is -0.356. The van der Waals surface area contributed by atoms with Gasteiger partial charge in [-0.1, -0.05) is 32.6 Å². The second-order valence-electron chi connectivity index (χ2n) is 7.78. The molecule has 29 heavy (non-hydrogen) atoms. The van der Waals surface area contributed by atoms with Crippen molar-refractivity contribution in [1.82, 2.24) is 15.5 Å². The number of carbonyl (C=O) groups is 4. The Bertz CT molecular complexity index is 799. The first kappa shape index (κ1) is 21.0. The van der Waals surface area contributed by atoms with Gasteiger partial charge in [-0.3, -0.25) is 24.1 Å². The molecule has 0 spiro atoms. The van der Waals surface area contributed by atoms with Gasteiger partial charge in [0.05, 0.1) is 11.1 Å². The molecule has 0 bridgehead atoms. The van der Waals surface area contributed by atoms with Crippen molar-refractivity contribution >= 4 is 23.6 Å². The molecular weight excluding hydrogens is 370 g/mol. The van der Waals surface area contributed by atoms with Crippen LogP contribution in [-0.2, 0) is 4.79 Å². The van der Waals surface area contributed by atoms with E-state index in [0.717, 1.165) is 38.5 Å². The number of fused-ring (bicyclic) bond motifs is 1. The van der Waals surface area contributed by atoms with Crippen LogP contribution in [0.5, 0.6) is 0 Å². The maximum absolute atomic E-state index is 12.5. The van der Waals surface area contributed by atoms with Gasteiger partial charge >= 0.3 is 0 Å². The second-order valence-corrected chi connectivity index (χ2v) is 7.78. The quantitative estimate of drug-likeness (QED) is 0.657. The molecule has 2 aliphatic rings. The molecule has 0 atom stereocenters. The van der Waals surface area contributed by atoms with Crippen molar-refractivity contribution in [3.63, 3.8) is 0 Å². The van der Waals surface area contributed by atoms with Gasteiger partial charge in [-0.05, 0) is 37.5 Å². The number of hydrogen-bond acceptors (Lipinski definition) is 4. The summed E-state index contributed by atoms with van der Waals surface area (Å²) in [5, 5.41) is 5.74. The molecule has 1 aromatic carbocycles. The number of amides is 4. The highest BCUT2D eigenvalue weighted by molar-refractivity contribution is 6.22. The van der Waals surface area contributed by atoms with Gasteiger partial charge in [0.2, 0.25) is 5.91 Å². The molecule has 0 radical (unpaired) electrons. The van der Waals surface area contributed by atoms with E-state index in [1.54, 1.807) is 6.07 Å². The minimum Gasteiger partial charge on any atom is -0.353 e. The van der Waals surface area contributed by atoms with Gasteiger partial charge in [-0.2, -0.15) is 0 Å². The van der Waals surface area contributed by atoms with Gasteiger partial charge in [0.1, 0.15) is 0 Å². The smallest absolute Gasteiger partial charge is 0.261 e. The van der Waals surface area contributed by atoms with Crippen LogP contribution in [0.3, 0.4) is 0 Å². The lowest BCUT2D eigenvalue weighted by Crippen LogP contribution is -2.38. The van der Waals surface area contributed by atoms with Crippen molar-refractivity contribution in [2.45, 2.75) is 64.3 Å². The molecule has 1 saturated carbocycles. The zero-order valence-electron chi connectivity index (χ0n) is 17.0. The van der Waals surface area contributed by atoms with Gasteiger partial charge < -0.3 is 10.6 Å². The Morgan fingerprint density at radius 2 is 1.79 bits per heavy atom. The monoisotopic (exact) mass is 399 g/mol. The SMILES string of the molecule is CCCCN1C(=O)c2ccc(C(=O)NCCC(=O)NC3CCCCC3)cc2C1=O. The standard InChI is InChI=1S/C22H29N3O4/c1-2-3-13-25-21(28)17-10-9-15(14-18(17)22(25)29)20(27)23-12-11-19(26)24-16-7-5-4-6-8-16/h9-10,14,16H,2-8,11-13H2,1H3,(H,23,27)(H,24,26). The number of rotatable bonds is 8. The molecule has 1 aromatic rings. The Morgan fingerprint density at radius 3 is 2.52 bits per heavy atom. The molecule has 2 N–H and O–H groups in total. The predicted molar refractivity (Wildman–Crippen MR) is 109 cm³/mol. The lowest BCUT2D eigenvalue weighted by atomic mass is 9.95. The van der Waals surface area contributed by atoms with Crippen LogP contribution in [0.15, 0.2) is 18.2 Å². The highest BCUT2D eigenvalue weighted by Crippen LogP contribution is 2.24. The Balaban J connectivity index is 1.52. The topological polar surface area (TPSA) is 95.6 Å². The average molecular weight is 399 g/mol. The third-order valence-corrected chi connectivity index (χ3v) is 5.58. The number of carbonyl (C=O) groups excluding carboxylic acids is 4. The normalized spacial score (nSPS) is 16.7. The average Bonchev–Trinajstić information content (AvgIpc) is 2.96. The summed E-state index contributed by atoms with van der Waals surface area (Å²) in [6.07, 6.45) is 7.43. The summed E-state index contributed by atoms with van der Waals surface area (Å²) in [5.41, 5.74) is 0.929. The van der Waals surface area contributed by atoms with Crippen molar-refractivity contribution in [3.8, 4) is 0 Å². The highest BCUT2D eigenvalue weighted by Gasteiger charge is 2.35. The van der Waals surface area contributed by atoms with Crippen LogP contribution in [0.4, 0.5) is 0 Å². The Morgan fingerprint density at radius 1 is 1.07 bits per heavy atom. The van der Waals surface area contributed by atoms with Crippen LogP contribution in [0, 0.1) is 0 Å². The van der Waals surface area contributed by atoms with Gasteiger partial charge in [-0.15, -0.1) is 0 Å². The van der Waals surface area contributed by atoms with E-state index in [1.807, 2.05) is 6.92 Å². The fourth-order valence-electron chi connectivity index (χ4n) is 3.89. The van der Waals surface area contributed by atoms with Crippen molar-refractivity contribution in [2.24, 2.45) is 0 Å². The number of hydrogen-bond donors (Lipinski definition) is 2. The summed E-state index contributed by atoms with van der Waals surface area (Å²) in [5.74, 6) is -1.06. The van der Waals surface area contributed by atoms with Gasteiger partial charge in [0.25, 0.3) is 17.7 Å². The van der Waals surface area contributed by atoms with E-state index >= 15 is 0 Å².